The van der Waals surface area contributed by atoms with Gasteiger partial charge in [0.1, 0.15) is 5.82 Å². The summed E-state index contributed by atoms with van der Waals surface area (Å²) in [7, 11) is 0. The largest absolute Gasteiger partial charge is 0.481 e. The van der Waals surface area contributed by atoms with Crippen LogP contribution >= 0.6 is 11.8 Å². The van der Waals surface area contributed by atoms with Crippen molar-refractivity contribution in [3.63, 3.8) is 0 Å². The molecule has 1 unspecified atom stereocenters. The summed E-state index contributed by atoms with van der Waals surface area (Å²) in [6, 6.07) is 1.18. The Morgan fingerprint density at radius 1 is 1.37 bits per heavy atom. The Labute approximate surface area is 116 Å². The van der Waals surface area contributed by atoms with Gasteiger partial charge in [0.15, 0.2) is 5.16 Å². The van der Waals surface area contributed by atoms with E-state index in [1.165, 1.54) is 24.6 Å². The SMILES string of the molecule is Cc1nnc(SCC(=O)O)n1C1CCN(C2CC2)C1. The standard InChI is InChI=1S/C12H18N4O2S/c1-8-13-14-12(19-7-11(17)18)16(8)10-4-5-15(6-10)9-2-3-9/h9-10H,2-7H2,1H3,(H,17,18). The highest BCUT2D eigenvalue weighted by Gasteiger charge is 2.36. The number of hydrogen-bond donors (Lipinski definition) is 1. The number of rotatable bonds is 5. The fourth-order valence-corrected chi connectivity index (χ4v) is 3.52. The van der Waals surface area contributed by atoms with Crippen LogP contribution in [0, 0.1) is 6.92 Å². The van der Waals surface area contributed by atoms with E-state index in [2.05, 4.69) is 19.7 Å². The first-order valence-electron chi connectivity index (χ1n) is 6.65. The first-order chi connectivity index (χ1) is 9.15. The molecule has 104 valence electrons. The molecule has 1 saturated heterocycles. The van der Waals surface area contributed by atoms with Crippen molar-refractivity contribution < 1.29 is 9.90 Å². The maximum atomic E-state index is 10.7. The lowest BCUT2D eigenvalue weighted by molar-refractivity contribution is -0.133. The fourth-order valence-electron chi connectivity index (χ4n) is 2.75. The molecule has 2 aliphatic rings. The summed E-state index contributed by atoms with van der Waals surface area (Å²) >= 11 is 1.26. The average Bonchev–Trinajstić information content (AvgIpc) is 2.99. The molecular formula is C12H18N4O2S. The topological polar surface area (TPSA) is 71.2 Å². The quantitative estimate of drug-likeness (QED) is 0.818. The number of carbonyl (C=O) groups is 1. The van der Waals surface area contributed by atoms with Crippen molar-refractivity contribution in [1.29, 1.82) is 0 Å². The Morgan fingerprint density at radius 2 is 2.16 bits per heavy atom. The first kappa shape index (κ1) is 12.9. The van der Waals surface area contributed by atoms with Crippen molar-refractivity contribution in [2.24, 2.45) is 0 Å². The van der Waals surface area contributed by atoms with Crippen LogP contribution in [0.2, 0.25) is 0 Å². The molecule has 1 saturated carbocycles. The Hall–Kier alpha value is -1.08. The molecule has 0 spiro atoms. The van der Waals surface area contributed by atoms with Gasteiger partial charge in [0, 0.05) is 19.1 Å². The van der Waals surface area contributed by atoms with Crippen molar-refractivity contribution in [2.45, 2.75) is 43.4 Å². The first-order valence-corrected chi connectivity index (χ1v) is 7.64. The number of aryl methyl sites for hydroxylation is 1. The molecule has 19 heavy (non-hydrogen) atoms. The van der Waals surface area contributed by atoms with E-state index in [-0.39, 0.29) is 5.75 Å². The van der Waals surface area contributed by atoms with E-state index >= 15 is 0 Å². The van der Waals surface area contributed by atoms with Gasteiger partial charge in [-0.2, -0.15) is 0 Å². The van der Waals surface area contributed by atoms with Crippen molar-refractivity contribution in [2.75, 3.05) is 18.8 Å². The zero-order valence-electron chi connectivity index (χ0n) is 10.9. The van der Waals surface area contributed by atoms with Crippen LogP contribution in [0.3, 0.4) is 0 Å². The van der Waals surface area contributed by atoms with Crippen LogP contribution in [0.25, 0.3) is 0 Å². The van der Waals surface area contributed by atoms with Gasteiger partial charge in [-0.15, -0.1) is 10.2 Å². The molecule has 3 rings (SSSR count). The number of carboxylic acids is 1. The number of carboxylic acid groups (broad SMARTS) is 1. The van der Waals surface area contributed by atoms with Gasteiger partial charge in [0.2, 0.25) is 0 Å². The van der Waals surface area contributed by atoms with Crippen LogP contribution in [-0.2, 0) is 4.79 Å². The molecule has 1 aromatic rings. The number of thioether (sulfide) groups is 1. The Kier molecular flexibility index (Phi) is 3.49. The van der Waals surface area contributed by atoms with Crippen LogP contribution in [0.15, 0.2) is 5.16 Å². The zero-order chi connectivity index (χ0) is 13.4. The van der Waals surface area contributed by atoms with Gasteiger partial charge in [-0.05, 0) is 26.2 Å². The van der Waals surface area contributed by atoms with Gasteiger partial charge < -0.3 is 9.67 Å². The monoisotopic (exact) mass is 282 g/mol. The Bertz CT molecular complexity index is 486. The second kappa shape index (κ2) is 5.13. The highest BCUT2D eigenvalue weighted by atomic mass is 32.2. The highest BCUT2D eigenvalue weighted by Crippen LogP contribution is 2.35. The van der Waals surface area contributed by atoms with E-state index in [1.54, 1.807) is 0 Å². The van der Waals surface area contributed by atoms with E-state index in [0.29, 0.717) is 6.04 Å². The smallest absolute Gasteiger partial charge is 0.313 e. The molecule has 1 atom stereocenters. The summed E-state index contributed by atoms with van der Waals surface area (Å²) in [6.07, 6.45) is 3.76. The lowest BCUT2D eigenvalue weighted by atomic mass is 10.2. The number of nitrogens with zero attached hydrogens (tertiary/aromatic N) is 4. The molecule has 1 aliphatic carbocycles. The summed E-state index contributed by atoms with van der Waals surface area (Å²) in [5.41, 5.74) is 0. The van der Waals surface area contributed by atoms with Crippen molar-refractivity contribution in [3.05, 3.63) is 5.82 Å². The number of aliphatic carboxylic acids is 1. The normalized spacial score (nSPS) is 23.9. The molecule has 0 amide bonds. The van der Waals surface area contributed by atoms with Crippen LogP contribution < -0.4 is 0 Å². The van der Waals surface area contributed by atoms with Gasteiger partial charge in [-0.25, -0.2) is 0 Å². The molecule has 2 heterocycles. The minimum atomic E-state index is -0.816. The van der Waals surface area contributed by atoms with Crippen LogP contribution in [0.4, 0.5) is 0 Å². The zero-order valence-corrected chi connectivity index (χ0v) is 11.8. The second-order valence-corrected chi connectivity index (χ2v) is 6.19. The molecular weight excluding hydrogens is 264 g/mol. The lowest BCUT2D eigenvalue weighted by Crippen LogP contribution is -2.24. The van der Waals surface area contributed by atoms with E-state index in [1.807, 2.05) is 6.92 Å². The number of hydrogen-bond acceptors (Lipinski definition) is 5. The third-order valence-electron chi connectivity index (χ3n) is 3.78. The maximum Gasteiger partial charge on any atom is 0.313 e. The molecule has 0 radical (unpaired) electrons. The Balaban J connectivity index is 1.72. The van der Waals surface area contributed by atoms with Crippen LogP contribution in [0.1, 0.15) is 31.1 Å². The summed E-state index contributed by atoms with van der Waals surface area (Å²) in [5.74, 6) is 0.107. The second-order valence-electron chi connectivity index (χ2n) is 5.25. The summed E-state index contributed by atoms with van der Waals surface area (Å²) in [5, 5.41) is 17.7. The fraction of sp³-hybridized carbons (Fsp3) is 0.750. The van der Waals surface area contributed by atoms with Crippen molar-refractivity contribution >= 4 is 17.7 Å². The van der Waals surface area contributed by atoms with E-state index in [9.17, 15) is 4.79 Å². The van der Waals surface area contributed by atoms with Crippen molar-refractivity contribution in [1.82, 2.24) is 19.7 Å². The third-order valence-corrected chi connectivity index (χ3v) is 4.71. The van der Waals surface area contributed by atoms with E-state index < -0.39 is 5.97 Å². The van der Waals surface area contributed by atoms with Gasteiger partial charge in [-0.1, -0.05) is 11.8 Å². The average molecular weight is 282 g/mol. The summed E-state index contributed by atoms with van der Waals surface area (Å²) < 4.78 is 2.12. The highest BCUT2D eigenvalue weighted by molar-refractivity contribution is 7.99. The minimum absolute atomic E-state index is 0.0389. The predicted molar refractivity (Wildman–Crippen MR) is 71.4 cm³/mol. The molecule has 1 aliphatic heterocycles. The van der Waals surface area contributed by atoms with Crippen LogP contribution in [-0.4, -0.2) is 55.6 Å². The van der Waals surface area contributed by atoms with Gasteiger partial charge in [0.05, 0.1) is 11.8 Å². The van der Waals surface area contributed by atoms with Gasteiger partial charge in [0.25, 0.3) is 0 Å². The predicted octanol–water partition coefficient (Wildman–Crippen LogP) is 1.17. The summed E-state index contributed by atoms with van der Waals surface area (Å²) in [6.45, 7) is 4.12. The molecule has 2 fully saturated rings. The third kappa shape index (κ3) is 2.76. The minimum Gasteiger partial charge on any atom is -0.481 e. The Morgan fingerprint density at radius 3 is 2.84 bits per heavy atom. The summed E-state index contributed by atoms with van der Waals surface area (Å²) in [4.78, 5) is 13.2. The van der Waals surface area contributed by atoms with Gasteiger partial charge >= 0.3 is 5.97 Å². The molecule has 7 heteroatoms. The molecule has 6 nitrogen and oxygen atoms in total. The lowest BCUT2D eigenvalue weighted by Gasteiger charge is -2.17. The molecule has 1 aromatic heterocycles. The number of aromatic nitrogens is 3. The maximum absolute atomic E-state index is 10.7. The molecule has 0 bridgehead atoms. The molecule has 0 aromatic carbocycles. The van der Waals surface area contributed by atoms with E-state index in [4.69, 9.17) is 5.11 Å². The van der Waals surface area contributed by atoms with Crippen molar-refractivity contribution in [3.8, 4) is 0 Å². The molecule has 1 N–H and O–H groups in total. The van der Waals surface area contributed by atoms with Crippen LogP contribution in [0.5, 0.6) is 0 Å². The van der Waals surface area contributed by atoms with Gasteiger partial charge in [-0.3, -0.25) is 9.69 Å². The van der Waals surface area contributed by atoms with E-state index in [0.717, 1.165) is 36.5 Å². The number of likely N-dealkylation sites (tertiary alicyclic amines) is 1.